The van der Waals surface area contributed by atoms with Gasteiger partial charge in [0.15, 0.2) is 11.4 Å². The summed E-state index contributed by atoms with van der Waals surface area (Å²) < 4.78 is 55.5. The number of alkyl halides is 3. The van der Waals surface area contributed by atoms with E-state index >= 15 is 0 Å². The summed E-state index contributed by atoms with van der Waals surface area (Å²) in [5.41, 5.74) is -2.82. The molecular weight excluding hydrogens is 436 g/mol. The van der Waals surface area contributed by atoms with E-state index in [9.17, 15) is 27.6 Å². The molecule has 0 saturated heterocycles. The number of carbonyl (C=O) groups excluding carboxylic acids is 1. The molecule has 0 aromatic rings. The van der Waals surface area contributed by atoms with Gasteiger partial charge in [-0.05, 0) is 92.8 Å². The standard InChI is InChI=1S/C21H32F3O6P/c1-19-8-6-14-13-7-9-20(26,21(22,23)24)10-12(13)2-3-15(14)16(19)4-5-17(19)18(25)11-30-31(27,28)29/h12-17,26H,2-11H2,1H3,(H2,27,28,29)/t12-,13+,14-,15-,16+,17-,19+,20-/m1/s1. The first-order valence-electron chi connectivity index (χ1n) is 11.3. The van der Waals surface area contributed by atoms with Crippen molar-refractivity contribution in [3.8, 4) is 0 Å². The van der Waals surface area contributed by atoms with E-state index in [0.29, 0.717) is 37.0 Å². The van der Waals surface area contributed by atoms with Crippen LogP contribution in [0.25, 0.3) is 0 Å². The van der Waals surface area contributed by atoms with Gasteiger partial charge in [-0.3, -0.25) is 9.32 Å². The highest BCUT2D eigenvalue weighted by molar-refractivity contribution is 7.46. The van der Waals surface area contributed by atoms with Gasteiger partial charge in [0.1, 0.15) is 6.61 Å². The molecule has 0 amide bonds. The number of ketones is 1. The summed E-state index contributed by atoms with van der Waals surface area (Å²) >= 11 is 0. The number of carbonyl (C=O) groups is 1. The van der Waals surface area contributed by atoms with Crippen LogP contribution in [0.2, 0.25) is 0 Å². The number of Topliss-reactive ketones (excluding diaryl/α,β-unsaturated/α-hetero) is 1. The molecule has 6 nitrogen and oxygen atoms in total. The van der Waals surface area contributed by atoms with E-state index in [4.69, 9.17) is 9.79 Å². The molecule has 0 spiro atoms. The van der Waals surface area contributed by atoms with Crippen molar-refractivity contribution in [1.29, 1.82) is 0 Å². The molecule has 4 aliphatic rings. The van der Waals surface area contributed by atoms with Crippen LogP contribution in [0.5, 0.6) is 0 Å². The van der Waals surface area contributed by atoms with Crippen LogP contribution in [-0.4, -0.2) is 39.1 Å². The zero-order valence-electron chi connectivity index (χ0n) is 17.7. The van der Waals surface area contributed by atoms with Gasteiger partial charge in [0.2, 0.25) is 0 Å². The number of halogens is 3. The predicted octanol–water partition coefficient (Wildman–Crippen LogP) is 4.23. The third-order valence-corrected chi connectivity index (χ3v) is 9.77. The first-order valence-corrected chi connectivity index (χ1v) is 12.8. The normalized spacial score (nSPS) is 45.5. The van der Waals surface area contributed by atoms with Crippen LogP contribution in [0.1, 0.15) is 64.7 Å². The summed E-state index contributed by atoms with van der Waals surface area (Å²) in [6, 6.07) is 0. The number of fused-ring (bicyclic) bond motifs is 5. The molecule has 3 N–H and O–H groups in total. The highest BCUT2D eigenvalue weighted by Gasteiger charge is 2.62. The third kappa shape index (κ3) is 4.14. The fourth-order valence-electron chi connectivity index (χ4n) is 7.91. The lowest BCUT2D eigenvalue weighted by atomic mass is 9.49. The second-order valence-electron chi connectivity index (χ2n) is 10.6. The number of hydrogen-bond donors (Lipinski definition) is 3. The SMILES string of the molecule is C[C@]12CC[C@H]3[C@@H](CC[C@@H]4C[C@@](O)(C(F)(F)F)CC[C@@H]43)[C@@H]1CC[C@@H]2C(=O)COP(=O)(O)O. The summed E-state index contributed by atoms with van der Waals surface area (Å²) in [4.78, 5) is 30.5. The molecule has 0 aromatic heterocycles. The van der Waals surface area contributed by atoms with Crippen LogP contribution in [0.15, 0.2) is 0 Å². The summed E-state index contributed by atoms with van der Waals surface area (Å²) in [6.45, 7) is 1.50. The van der Waals surface area contributed by atoms with Crippen molar-refractivity contribution in [2.24, 2.45) is 40.9 Å². The quantitative estimate of drug-likeness (QED) is 0.534. The second-order valence-corrected chi connectivity index (χ2v) is 11.9. The Morgan fingerprint density at radius 2 is 1.71 bits per heavy atom. The maximum atomic E-state index is 13.4. The van der Waals surface area contributed by atoms with Gasteiger partial charge >= 0.3 is 14.0 Å². The Kier molecular flexibility index (Phi) is 5.95. The molecule has 0 radical (unpaired) electrons. The average Bonchev–Trinajstić information content (AvgIpc) is 3.01. The highest BCUT2D eigenvalue weighted by atomic mass is 31.2. The molecule has 31 heavy (non-hydrogen) atoms. The van der Waals surface area contributed by atoms with Gasteiger partial charge in [-0.2, -0.15) is 13.2 Å². The van der Waals surface area contributed by atoms with E-state index in [1.54, 1.807) is 0 Å². The summed E-state index contributed by atoms with van der Waals surface area (Å²) in [5, 5.41) is 10.2. The Bertz CT molecular complexity index is 769. The van der Waals surface area contributed by atoms with Crippen molar-refractivity contribution in [1.82, 2.24) is 0 Å². The van der Waals surface area contributed by atoms with Crippen LogP contribution >= 0.6 is 7.82 Å². The topological polar surface area (TPSA) is 104 Å². The van der Waals surface area contributed by atoms with E-state index < -0.39 is 26.2 Å². The zero-order chi connectivity index (χ0) is 22.8. The van der Waals surface area contributed by atoms with Gasteiger partial charge in [0.25, 0.3) is 0 Å². The summed E-state index contributed by atoms with van der Waals surface area (Å²) in [6.07, 6.45) is 0.0270. The van der Waals surface area contributed by atoms with Gasteiger partial charge in [0.05, 0.1) is 0 Å². The Morgan fingerprint density at radius 3 is 2.35 bits per heavy atom. The van der Waals surface area contributed by atoms with E-state index in [1.165, 1.54) is 0 Å². The van der Waals surface area contributed by atoms with E-state index in [2.05, 4.69) is 11.4 Å². The predicted molar refractivity (Wildman–Crippen MR) is 105 cm³/mol. The smallest absolute Gasteiger partial charge is 0.380 e. The van der Waals surface area contributed by atoms with Crippen LogP contribution in [0.4, 0.5) is 13.2 Å². The molecule has 0 heterocycles. The van der Waals surface area contributed by atoms with Gasteiger partial charge in [-0.25, -0.2) is 4.57 Å². The number of rotatable bonds is 4. The lowest BCUT2D eigenvalue weighted by Gasteiger charge is -2.57. The lowest BCUT2D eigenvalue weighted by molar-refractivity contribution is -0.282. The summed E-state index contributed by atoms with van der Waals surface area (Å²) in [7, 11) is -4.70. The lowest BCUT2D eigenvalue weighted by Crippen LogP contribution is -2.55. The molecule has 0 bridgehead atoms. The van der Waals surface area contributed by atoms with Crippen molar-refractivity contribution in [3.63, 3.8) is 0 Å². The average molecular weight is 468 g/mol. The van der Waals surface area contributed by atoms with Crippen molar-refractivity contribution in [3.05, 3.63) is 0 Å². The molecule has 4 fully saturated rings. The minimum atomic E-state index is -4.70. The molecule has 0 aliphatic heterocycles. The number of phosphoric acid groups is 1. The minimum Gasteiger partial charge on any atom is -0.380 e. The van der Waals surface area contributed by atoms with Crippen molar-refractivity contribution in [2.75, 3.05) is 6.61 Å². The molecule has 4 rings (SSSR count). The first-order chi connectivity index (χ1) is 14.3. The zero-order valence-corrected chi connectivity index (χ0v) is 18.6. The Labute approximate surface area is 180 Å². The van der Waals surface area contributed by atoms with Crippen LogP contribution < -0.4 is 0 Å². The molecule has 4 aliphatic carbocycles. The van der Waals surface area contributed by atoms with Crippen molar-refractivity contribution >= 4 is 13.6 Å². The Hall–Kier alpha value is -0.470. The fourth-order valence-corrected chi connectivity index (χ4v) is 8.21. The number of aliphatic hydroxyl groups is 1. The number of phosphoric ester groups is 1. The fraction of sp³-hybridized carbons (Fsp3) is 0.952. The highest BCUT2D eigenvalue weighted by Crippen LogP contribution is 2.65. The largest absolute Gasteiger partial charge is 0.470 e. The Balaban J connectivity index is 1.46. The molecule has 8 atom stereocenters. The van der Waals surface area contributed by atoms with Gasteiger partial charge in [-0.1, -0.05) is 6.92 Å². The van der Waals surface area contributed by atoms with Gasteiger partial charge in [-0.15, -0.1) is 0 Å². The maximum Gasteiger partial charge on any atom is 0.470 e. The molecule has 0 aromatic carbocycles. The van der Waals surface area contributed by atoms with Gasteiger partial charge in [0, 0.05) is 5.92 Å². The van der Waals surface area contributed by atoms with E-state index in [1.807, 2.05) is 0 Å². The Morgan fingerprint density at radius 1 is 1.03 bits per heavy atom. The second kappa shape index (κ2) is 7.79. The minimum absolute atomic E-state index is 0.110. The van der Waals surface area contributed by atoms with E-state index in [-0.39, 0.29) is 41.8 Å². The monoisotopic (exact) mass is 468 g/mol. The molecular formula is C21H32F3O6P. The van der Waals surface area contributed by atoms with Crippen LogP contribution in [0.3, 0.4) is 0 Å². The third-order valence-electron chi connectivity index (χ3n) is 9.30. The van der Waals surface area contributed by atoms with Crippen LogP contribution in [0, 0.1) is 40.9 Å². The maximum absolute atomic E-state index is 13.4. The van der Waals surface area contributed by atoms with Crippen LogP contribution in [-0.2, 0) is 13.9 Å². The van der Waals surface area contributed by atoms with Gasteiger partial charge < -0.3 is 14.9 Å². The summed E-state index contributed by atoms with van der Waals surface area (Å²) in [5.74, 6) is 0.491. The van der Waals surface area contributed by atoms with Crippen molar-refractivity contribution < 1.29 is 41.9 Å². The molecule has 0 unspecified atom stereocenters. The number of hydrogen-bond acceptors (Lipinski definition) is 4. The first kappa shape index (κ1) is 23.7. The van der Waals surface area contributed by atoms with Crippen molar-refractivity contribution in [2.45, 2.75) is 76.5 Å². The molecule has 178 valence electrons. The molecule has 10 heteroatoms. The molecule has 4 saturated carbocycles. The van der Waals surface area contributed by atoms with E-state index in [0.717, 1.165) is 25.7 Å².